The molecule has 28 heavy (non-hydrogen) atoms. The molecule has 2 aliphatic rings. The first-order valence-corrected chi connectivity index (χ1v) is 10.3. The van der Waals surface area contributed by atoms with Crippen molar-refractivity contribution in [1.29, 1.82) is 0 Å². The van der Waals surface area contributed by atoms with E-state index in [2.05, 4.69) is 14.5 Å². The lowest BCUT2D eigenvalue weighted by Crippen LogP contribution is -2.54. The minimum Gasteiger partial charge on any atom is -0.465 e. The van der Waals surface area contributed by atoms with Gasteiger partial charge in [-0.25, -0.2) is 4.98 Å². The van der Waals surface area contributed by atoms with Gasteiger partial charge in [0.15, 0.2) is 6.10 Å². The number of imidazole rings is 1. The van der Waals surface area contributed by atoms with Crippen LogP contribution in [0.3, 0.4) is 0 Å². The number of carbonyl (C=O) groups is 1. The van der Waals surface area contributed by atoms with Crippen molar-refractivity contribution >= 4 is 5.91 Å². The summed E-state index contributed by atoms with van der Waals surface area (Å²) >= 11 is 0. The van der Waals surface area contributed by atoms with Gasteiger partial charge in [0.2, 0.25) is 0 Å². The quantitative estimate of drug-likeness (QED) is 0.790. The standard InChI is InChI=1S/C21H30N4O3/c1-4-24(5-2)19(26)18-15-25-13-10-22-20(25)21(28-18)8-11-23(12-9-21)14-17-7-6-16(3)27-17/h6-7,10,13,18H,4-5,8-9,11-12,14-15H2,1-3H3/t18-/m1/s1. The summed E-state index contributed by atoms with van der Waals surface area (Å²) in [5.74, 6) is 2.98. The monoisotopic (exact) mass is 386 g/mol. The van der Waals surface area contributed by atoms with E-state index in [0.29, 0.717) is 19.6 Å². The molecule has 1 atom stereocenters. The molecule has 2 aliphatic heterocycles. The number of hydrogen-bond acceptors (Lipinski definition) is 5. The molecule has 1 spiro atoms. The highest BCUT2D eigenvalue weighted by atomic mass is 16.5. The van der Waals surface area contributed by atoms with Gasteiger partial charge in [0.1, 0.15) is 22.9 Å². The first-order valence-electron chi connectivity index (χ1n) is 10.3. The molecule has 1 fully saturated rings. The summed E-state index contributed by atoms with van der Waals surface area (Å²) in [7, 11) is 0. The fourth-order valence-electron chi connectivity index (χ4n) is 4.47. The van der Waals surface area contributed by atoms with E-state index in [0.717, 1.165) is 49.8 Å². The Morgan fingerprint density at radius 1 is 1.29 bits per heavy atom. The van der Waals surface area contributed by atoms with Crippen LogP contribution in [0, 0.1) is 6.92 Å². The number of carbonyl (C=O) groups excluding carboxylic acids is 1. The molecule has 152 valence electrons. The van der Waals surface area contributed by atoms with Gasteiger partial charge in [-0.2, -0.15) is 0 Å². The second-order valence-corrected chi connectivity index (χ2v) is 7.80. The molecule has 4 heterocycles. The maximum Gasteiger partial charge on any atom is 0.253 e. The van der Waals surface area contributed by atoms with Gasteiger partial charge in [0.05, 0.1) is 13.1 Å². The Bertz CT molecular complexity index is 815. The number of ether oxygens (including phenoxy) is 1. The van der Waals surface area contributed by atoms with E-state index < -0.39 is 11.7 Å². The molecule has 7 nitrogen and oxygen atoms in total. The largest absolute Gasteiger partial charge is 0.465 e. The van der Waals surface area contributed by atoms with Gasteiger partial charge in [0.25, 0.3) is 5.91 Å². The van der Waals surface area contributed by atoms with Crippen LogP contribution in [0.5, 0.6) is 0 Å². The van der Waals surface area contributed by atoms with Crippen molar-refractivity contribution in [3.05, 3.63) is 41.9 Å². The van der Waals surface area contributed by atoms with Crippen LogP contribution in [0.1, 0.15) is 44.0 Å². The molecule has 0 unspecified atom stereocenters. The smallest absolute Gasteiger partial charge is 0.253 e. The van der Waals surface area contributed by atoms with E-state index in [-0.39, 0.29) is 5.91 Å². The lowest BCUT2D eigenvalue weighted by Gasteiger charge is -2.46. The van der Waals surface area contributed by atoms with Crippen LogP contribution >= 0.6 is 0 Å². The van der Waals surface area contributed by atoms with Crippen molar-refractivity contribution in [3.8, 4) is 0 Å². The summed E-state index contributed by atoms with van der Waals surface area (Å²) in [5.41, 5.74) is -0.481. The van der Waals surface area contributed by atoms with Crippen LogP contribution in [-0.2, 0) is 28.2 Å². The molecule has 0 aromatic carbocycles. The van der Waals surface area contributed by atoms with Gasteiger partial charge in [-0.15, -0.1) is 0 Å². The third kappa shape index (κ3) is 3.49. The molecule has 7 heteroatoms. The Hall–Kier alpha value is -2.12. The minimum absolute atomic E-state index is 0.0808. The van der Waals surface area contributed by atoms with E-state index in [1.807, 2.05) is 50.2 Å². The molecule has 0 aliphatic carbocycles. The highest BCUT2D eigenvalue weighted by Crippen LogP contribution is 2.40. The summed E-state index contributed by atoms with van der Waals surface area (Å²) < 4.78 is 14.4. The first-order chi connectivity index (χ1) is 13.5. The van der Waals surface area contributed by atoms with E-state index >= 15 is 0 Å². The van der Waals surface area contributed by atoms with Crippen LogP contribution in [-0.4, -0.2) is 57.5 Å². The highest BCUT2D eigenvalue weighted by Gasteiger charge is 2.47. The van der Waals surface area contributed by atoms with E-state index in [9.17, 15) is 4.79 Å². The first kappa shape index (κ1) is 19.2. The van der Waals surface area contributed by atoms with Gasteiger partial charge in [-0.1, -0.05) is 0 Å². The van der Waals surface area contributed by atoms with Crippen LogP contribution in [0.25, 0.3) is 0 Å². The predicted molar refractivity (Wildman–Crippen MR) is 105 cm³/mol. The summed E-state index contributed by atoms with van der Waals surface area (Å²) in [6, 6.07) is 4.05. The number of likely N-dealkylation sites (N-methyl/N-ethyl adjacent to an activating group) is 1. The van der Waals surface area contributed by atoms with Crippen molar-refractivity contribution in [3.63, 3.8) is 0 Å². The summed E-state index contributed by atoms with van der Waals surface area (Å²) in [6.07, 6.45) is 5.00. The average Bonchev–Trinajstić information content (AvgIpc) is 3.34. The van der Waals surface area contributed by atoms with E-state index in [1.165, 1.54) is 0 Å². The van der Waals surface area contributed by atoms with Crippen molar-refractivity contribution < 1.29 is 13.9 Å². The Kier molecular flexibility index (Phi) is 5.29. The molecule has 1 amide bonds. The topological polar surface area (TPSA) is 63.7 Å². The molecular formula is C21H30N4O3. The Morgan fingerprint density at radius 2 is 2.04 bits per heavy atom. The van der Waals surface area contributed by atoms with Gasteiger partial charge in [-0.3, -0.25) is 9.69 Å². The number of likely N-dealkylation sites (tertiary alicyclic amines) is 1. The van der Waals surface area contributed by atoms with Crippen molar-refractivity contribution in [2.45, 2.75) is 58.4 Å². The van der Waals surface area contributed by atoms with Crippen molar-refractivity contribution in [1.82, 2.24) is 19.4 Å². The fourth-order valence-corrected chi connectivity index (χ4v) is 4.47. The fraction of sp³-hybridized carbons (Fsp3) is 0.619. The van der Waals surface area contributed by atoms with Gasteiger partial charge in [0, 0.05) is 38.6 Å². The maximum atomic E-state index is 13.0. The third-order valence-corrected chi connectivity index (χ3v) is 6.04. The molecule has 2 aromatic heterocycles. The zero-order valence-electron chi connectivity index (χ0n) is 17.1. The summed E-state index contributed by atoms with van der Waals surface area (Å²) in [6.45, 7) is 10.5. The van der Waals surface area contributed by atoms with Gasteiger partial charge in [-0.05, 0) is 45.7 Å². The van der Waals surface area contributed by atoms with E-state index in [1.54, 1.807) is 0 Å². The number of aromatic nitrogens is 2. The van der Waals surface area contributed by atoms with Gasteiger partial charge >= 0.3 is 0 Å². The van der Waals surface area contributed by atoms with Crippen molar-refractivity contribution in [2.75, 3.05) is 26.2 Å². The molecule has 0 radical (unpaired) electrons. The molecule has 1 saturated heterocycles. The number of aryl methyl sites for hydroxylation is 1. The molecule has 2 aromatic rings. The Labute approximate surface area is 166 Å². The SMILES string of the molecule is CCN(CC)C(=O)[C@H]1Cn2ccnc2C2(CCN(Cc3ccc(C)o3)CC2)O1. The zero-order valence-corrected chi connectivity index (χ0v) is 17.1. The molecule has 0 saturated carbocycles. The molecular weight excluding hydrogens is 356 g/mol. The lowest BCUT2D eigenvalue weighted by atomic mass is 9.88. The van der Waals surface area contributed by atoms with Gasteiger partial charge < -0.3 is 18.6 Å². The third-order valence-electron chi connectivity index (χ3n) is 6.04. The molecule has 0 bridgehead atoms. The van der Waals surface area contributed by atoms with Crippen LogP contribution in [0.15, 0.2) is 28.9 Å². The number of piperidine rings is 1. The normalized spacial score (nSPS) is 21.6. The highest BCUT2D eigenvalue weighted by molar-refractivity contribution is 5.81. The number of fused-ring (bicyclic) bond motifs is 2. The summed E-state index contributed by atoms with van der Waals surface area (Å²) in [5, 5.41) is 0. The second kappa shape index (κ2) is 7.72. The number of furan rings is 1. The molecule has 4 rings (SSSR count). The Balaban J connectivity index is 1.49. The zero-order chi connectivity index (χ0) is 19.7. The minimum atomic E-state index is -0.481. The second-order valence-electron chi connectivity index (χ2n) is 7.80. The number of nitrogens with zero attached hydrogens (tertiary/aromatic N) is 4. The van der Waals surface area contributed by atoms with Crippen LogP contribution in [0.2, 0.25) is 0 Å². The van der Waals surface area contributed by atoms with Crippen molar-refractivity contribution in [2.24, 2.45) is 0 Å². The van der Waals surface area contributed by atoms with Crippen LogP contribution in [0.4, 0.5) is 0 Å². The lowest BCUT2D eigenvalue weighted by molar-refractivity contribution is -0.181. The predicted octanol–water partition coefficient (Wildman–Crippen LogP) is 2.54. The average molecular weight is 386 g/mol. The number of rotatable bonds is 5. The van der Waals surface area contributed by atoms with Crippen LogP contribution < -0.4 is 0 Å². The van der Waals surface area contributed by atoms with E-state index in [4.69, 9.17) is 9.15 Å². The number of hydrogen-bond donors (Lipinski definition) is 0. The number of amides is 1. The Morgan fingerprint density at radius 3 is 2.68 bits per heavy atom. The summed E-state index contributed by atoms with van der Waals surface area (Å²) in [4.78, 5) is 21.8. The molecule has 0 N–H and O–H groups in total. The maximum absolute atomic E-state index is 13.0.